The van der Waals surface area contributed by atoms with E-state index in [2.05, 4.69) is 52.9 Å². The Labute approximate surface area is 148 Å². The van der Waals surface area contributed by atoms with Gasteiger partial charge >= 0.3 is 0 Å². The van der Waals surface area contributed by atoms with Gasteiger partial charge in [0.25, 0.3) is 0 Å². The van der Waals surface area contributed by atoms with Crippen molar-refractivity contribution in [3.05, 3.63) is 54.2 Å². The van der Waals surface area contributed by atoms with E-state index in [0.29, 0.717) is 12.6 Å². The van der Waals surface area contributed by atoms with Crippen LogP contribution in [0.1, 0.15) is 18.4 Å². The highest BCUT2D eigenvalue weighted by molar-refractivity contribution is 6.02. The van der Waals surface area contributed by atoms with Crippen LogP contribution in [0.15, 0.2) is 48.7 Å². The molecule has 0 aliphatic carbocycles. The highest BCUT2D eigenvalue weighted by atomic mass is 16.5. The molecule has 0 radical (unpaired) electrons. The van der Waals surface area contributed by atoms with E-state index in [0.717, 1.165) is 37.3 Å². The fourth-order valence-corrected chi connectivity index (χ4v) is 3.57. The SMILES string of the molecule is COCc1cc(NC2CCOCC2)c2[nH]cc(-c3ccccc3)c2c1. The molecule has 2 heterocycles. The predicted molar refractivity (Wildman–Crippen MR) is 102 cm³/mol. The van der Waals surface area contributed by atoms with E-state index < -0.39 is 0 Å². The van der Waals surface area contributed by atoms with Crippen LogP contribution in [0.4, 0.5) is 5.69 Å². The van der Waals surface area contributed by atoms with Crippen LogP contribution in [-0.2, 0) is 16.1 Å². The molecule has 0 unspecified atom stereocenters. The molecule has 4 heteroatoms. The number of ether oxygens (including phenoxy) is 2. The van der Waals surface area contributed by atoms with E-state index in [1.165, 1.54) is 22.1 Å². The summed E-state index contributed by atoms with van der Waals surface area (Å²) in [5.41, 5.74) is 5.94. The molecule has 1 aromatic heterocycles. The molecule has 25 heavy (non-hydrogen) atoms. The lowest BCUT2D eigenvalue weighted by atomic mass is 10.0. The van der Waals surface area contributed by atoms with E-state index in [1.807, 2.05) is 6.07 Å². The van der Waals surface area contributed by atoms with Crippen molar-refractivity contribution >= 4 is 16.6 Å². The van der Waals surface area contributed by atoms with Gasteiger partial charge in [-0.05, 0) is 36.1 Å². The zero-order valence-corrected chi connectivity index (χ0v) is 14.5. The Hall–Kier alpha value is -2.30. The van der Waals surface area contributed by atoms with Crippen molar-refractivity contribution in [1.29, 1.82) is 0 Å². The van der Waals surface area contributed by atoms with Gasteiger partial charge in [-0.2, -0.15) is 0 Å². The molecule has 0 atom stereocenters. The minimum Gasteiger partial charge on any atom is -0.381 e. The van der Waals surface area contributed by atoms with E-state index in [1.54, 1.807) is 7.11 Å². The lowest BCUT2D eigenvalue weighted by Gasteiger charge is -2.24. The minimum atomic E-state index is 0.457. The van der Waals surface area contributed by atoms with Crippen molar-refractivity contribution in [2.75, 3.05) is 25.6 Å². The summed E-state index contributed by atoms with van der Waals surface area (Å²) in [6, 6.07) is 15.4. The Morgan fingerprint density at radius 2 is 1.96 bits per heavy atom. The van der Waals surface area contributed by atoms with E-state index in [4.69, 9.17) is 9.47 Å². The maximum absolute atomic E-state index is 5.48. The van der Waals surface area contributed by atoms with E-state index in [-0.39, 0.29) is 0 Å². The number of aromatic amines is 1. The second-order valence-corrected chi connectivity index (χ2v) is 6.60. The first kappa shape index (κ1) is 16.2. The molecule has 0 saturated carbocycles. The summed E-state index contributed by atoms with van der Waals surface area (Å²) in [6.45, 7) is 2.27. The quantitative estimate of drug-likeness (QED) is 0.717. The third kappa shape index (κ3) is 3.41. The summed E-state index contributed by atoms with van der Waals surface area (Å²) in [4.78, 5) is 3.48. The highest BCUT2D eigenvalue weighted by Crippen LogP contribution is 2.34. The fourth-order valence-electron chi connectivity index (χ4n) is 3.57. The molecule has 2 N–H and O–H groups in total. The lowest BCUT2D eigenvalue weighted by molar-refractivity contribution is 0.0905. The topological polar surface area (TPSA) is 46.3 Å². The fraction of sp³-hybridized carbons (Fsp3) is 0.333. The molecule has 0 bridgehead atoms. The van der Waals surface area contributed by atoms with Crippen molar-refractivity contribution in [3.63, 3.8) is 0 Å². The summed E-state index contributed by atoms with van der Waals surface area (Å²) < 4.78 is 10.9. The smallest absolute Gasteiger partial charge is 0.0714 e. The average Bonchev–Trinajstić information content (AvgIpc) is 3.08. The number of aromatic nitrogens is 1. The van der Waals surface area contributed by atoms with Gasteiger partial charge in [-0.25, -0.2) is 0 Å². The van der Waals surface area contributed by atoms with E-state index >= 15 is 0 Å². The van der Waals surface area contributed by atoms with Crippen molar-refractivity contribution in [1.82, 2.24) is 4.98 Å². The summed E-state index contributed by atoms with van der Waals surface area (Å²) in [5.74, 6) is 0. The number of H-pyrrole nitrogens is 1. The largest absolute Gasteiger partial charge is 0.381 e. The molecule has 1 saturated heterocycles. The second kappa shape index (κ2) is 7.30. The lowest BCUT2D eigenvalue weighted by Crippen LogP contribution is -2.28. The van der Waals surface area contributed by atoms with Crippen molar-refractivity contribution < 1.29 is 9.47 Å². The van der Waals surface area contributed by atoms with Crippen LogP contribution < -0.4 is 5.32 Å². The molecule has 1 aliphatic rings. The van der Waals surface area contributed by atoms with Gasteiger partial charge < -0.3 is 19.8 Å². The molecular formula is C21H24N2O2. The Morgan fingerprint density at radius 1 is 1.16 bits per heavy atom. The Bertz CT molecular complexity index is 836. The van der Waals surface area contributed by atoms with Crippen LogP contribution >= 0.6 is 0 Å². The number of benzene rings is 2. The Balaban J connectivity index is 1.77. The summed E-state index contributed by atoms with van der Waals surface area (Å²) in [6.07, 6.45) is 4.19. The normalized spacial score (nSPS) is 15.6. The first-order chi connectivity index (χ1) is 12.3. The van der Waals surface area contributed by atoms with Gasteiger partial charge in [0.05, 0.1) is 17.8 Å². The monoisotopic (exact) mass is 336 g/mol. The van der Waals surface area contributed by atoms with Gasteiger partial charge in [0.1, 0.15) is 0 Å². The maximum Gasteiger partial charge on any atom is 0.0714 e. The minimum absolute atomic E-state index is 0.457. The summed E-state index contributed by atoms with van der Waals surface area (Å²) in [7, 11) is 1.74. The van der Waals surface area contributed by atoms with E-state index in [9.17, 15) is 0 Å². The van der Waals surface area contributed by atoms with Gasteiger partial charge in [0.2, 0.25) is 0 Å². The number of rotatable bonds is 5. The maximum atomic E-state index is 5.48. The van der Waals surface area contributed by atoms with Crippen LogP contribution in [0.3, 0.4) is 0 Å². The van der Waals surface area contributed by atoms with Gasteiger partial charge in [-0.1, -0.05) is 30.3 Å². The second-order valence-electron chi connectivity index (χ2n) is 6.60. The van der Waals surface area contributed by atoms with Gasteiger partial charge in [0, 0.05) is 43.5 Å². The number of hydrogen-bond acceptors (Lipinski definition) is 3. The summed E-state index contributed by atoms with van der Waals surface area (Å²) in [5, 5.41) is 4.95. The first-order valence-corrected chi connectivity index (χ1v) is 8.88. The zero-order chi connectivity index (χ0) is 17.1. The van der Waals surface area contributed by atoms with Crippen molar-refractivity contribution in [2.45, 2.75) is 25.5 Å². The molecular weight excluding hydrogens is 312 g/mol. The molecule has 0 spiro atoms. The molecule has 1 fully saturated rings. The predicted octanol–water partition coefficient (Wildman–Crippen LogP) is 4.57. The number of methoxy groups -OCH3 is 1. The highest BCUT2D eigenvalue weighted by Gasteiger charge is 2.17. The Morgan fingerprint density at radius 3 is 2.72 bits per heavy atom. The van der Waals surface area contributed by atoms with Crippen molar-refractivity contribution in [2.24, 2.45) is 0 Å². The zero-order valence-electron chi connectivity index (χ0n) is 14.5. The Kier molecular flexibility index (Phi) is 4.72. The van der Waals surface area contributed by atoms with Crippen LogP contribution in [-0.4, -0.2) is 31.3 Å². The molecule has 0 amide bonds. The first-order valence-electron chi connectivity index (χ1n) is 8.88. The van der Waals surface area contributed by atoms with Crippen LogP contribution in [0.2, 0.25) is 0 Å². The molecule has 2 aromatic carbocycles. The van der Waals surface area contributed by atoms with Crippen LogP contribution in [0.5, 0.6) is 0 Å². The molecule has 1 aliphatic heterocycles. The molecule has 4 nitrogen and oxygen atoms in total. The van der Waals surface area contributed by atoms with Crippen LogP contribution in [0.25, 0.3) is 22.0 Å². The van der Waals surface area contributed by atoms with Crippen molar-refractivity contribution in [3.8, 4) is 11.1 Å². The molecule has 3 aromatic rings. The number of nitrogens with one attached hydrogen (secondary N) is 2. The molecule has 4 rings (SSSR count). The van der Waals surface area contributed by atoms with Gasteiger partial charge in [-0.3, -0.25) is 0 Å². The molecule has 130 valence electrons. The standard InChI is InChI=1S/C21H24N2O2/c1-24-14-15-11-18-19(16-5-3-2-4-6-16)13-22-21(18)20(12-15)23-17-7-9-25-10-8-17/h2-6,11-13,17,22-23H,7-10,14H2,1H3. The average molecular weight is 336 g/mol. The third-order valence-electron chi connectivity index (χ3n) is 4.83. The van der Waals surface area contributed by atoms with Gasteiger partial charge in [0.15, 0.2) is 0 Å². The third-order valence-corrected chi connectivity index (χ3v) is 4.83. The summed E-state index contributed by atoms with van der Waals surface area (Å²) >= 11 is 0. The van der Waals surface area contributed by atoms with Gasteiger partial charge in [-0.15, -0.1) is 0 Å². The van der Waals surface area contributed by atoms with Crippen LogP contribution in [0, 0.1) is 0 Å². The number of hydrogen-bond donors (Lipinski definition) is 2. The number of anilines is 1. The number of fused-ring (bicyclic) bond motifs is 1.